The number of aromatic carboxylic acids is 1. The molecule has 6 nitrogen and oxygen atoms in total. The van der Waals surface area contributed by atoms with Crippen molar-refractivity contribution in [2.24, 2.45) is 0 Å². The minimum atomic E-state index is -1.08. The summed E-state index contributed by atoms with van der Waals surface area (Å²) in [5.41, 5.74) is 0. The molecule has 0 fully saturated rings. The van der Waals surface area contributed by atoms with Gasteiger partial charge in [0.1, 0.15) is 4.88 Å². The van der Waals surface area contributed by atoms with E-state index in [2.05, 4.69) is 10.3 Å². The molecular weight excluding hydrogens is 220 g/mol. The van der Waals surface area contributed by atoms with Gasteiger partial charge in [0.05, 0.1) is 12.8 Å². The van der Waals surface area contributed by atoms with Crippen LogP contribution in [-0.2, 0) is 4.74 Å². The molecule has 0 aromatic carbocycles. The first-order valence-electron chi connectivity index (χ1n) is 4.11. The van der Waals surface area contributed by atoms with Crippen LogP contribution in [0.15, 0.2) is 6.20 Å². The number of thiazole rings is 1. The maximum absolute atomic E-state index is 11.3. The molecule has 1 amide bonds. The van der Waals surface area contributed by atoms with Crippen LogP contribution in [0.1, 0.15) is 19.5 Å². The molecule has 7 heteroatoms. The maximum Gasteiger partial charge on any atom is 0.347 e. The normalized spacial score (nSPS) is 9.93. The van der Waals surface area contributed by atoms with E-state index in [9.17, 15) is 9.59 Å². The lowest BCUT2D eigenvalue weighted by atomic mass is 10.5. The van der Waals surface area contributed by atoms with Crippen molar-refractivity contribution in [3.8, 4) is 0 Å². The first-order valence-corrected chi connectivity index (χ1v) is 4.93. The van der Waals surface area contributed by atoms with E-state index in [0.717, 1.165) is 17.5 Å². The number of nitrogens with one attached hydrogen (secondary N) is 1. The van der Waals surface area contributed by atoms with Gasteiger partial charge in [-0.3, -0.25) is 4.79 Å². The minimum absolute atomic E-state index is 0.0480. The molecule has 0 saturated carbocycles. The van der Waals surface area contributed by atoms with Crippen LogP contribution in [-0.4, -0.2) is 42.2 Å². The standard InChI is InChI=1S/C8H10N2O4S/c1-14-3-2-9-6(11)7-10-4-5(15-7)8(12)13/h4H,2-3H2,1H3,(H,9,11)(H,12,13). The number of carbonyl (C=O) groups is 2. The van der Waals surface area contributed by atoms with Gasteiger partial charge in [-0.1, -0.05) is 0 Å². The zero-order valence-corrected chi connectivity index (χ0v) is 8.84. The SMILES string of the molecule is COCCNC(=O)c1ncc(C(=O)O)s1. The Morgan fingerprint density at radius 1 is 1.67 bits per heavy atom. The van der Waals surface area contributed by atoms with Crippen molar-refractivity contribution in [1.29, 1.82) is 0 Å². The molecule has 15 heavy (non-hydrogen) atoms. The number of hydrogen-bond donors (Lipinski definition) is 2. The summed E-state index contributed by atoms with van der Waals surface area (Å²) in [6.07, 6.45) is 1.16. The van der Waals surface area contributed by atoms with Crippen molar-refractivity contribution in [2.75, 3.05) is 20.3 Å². The molecule has 0 aliphatic heterocycles. The number of carboxylic acid groups (broad SMARTS) is 1. The highest BCUT2D eigenvalue weighted by Crippen LogP contribution is 2.12. The van der Waals surface area contributed by atoms with Gasteiger partial charge in [-0.15, -0.1) is 11.3 Å². The third kappa shape index (κ3) is 3.30. The van der Waals surface area contributed by atoms with Gasteiger partial charge >= 0.3 is 5.97 Å². The predicted molar refractivity (Wildman–Crippen MR) is 53.3 cm³/mol. The van der Waals surface area contributed by atoms with E-state index in [0.29, 0.717) is 13.2 Å². The van der Waals surface area contributed by atoms with E-state index in [4.69, 9.17) is 9.84 Å². The Bertz CT molecular complexity index is 363. The summed E-state index contributed by atoms with van der Waals surface area (Å²) in [5, 5.41) is 11.3. The van der Waals surface area contributed by atoms with Crippen molar-refractivity contribution in [2.45, 2.75) is 0 Å². The van der Waals surface area contributed by atoms with Crippen LogP contribution >= 0.6 is 11.3 Å². The van der Waals surface area contributed by atoms with Crippen molar-refractivity contribution in [1.82, 2.24) is 10.3 Å². The summed E-state index contributed by atoms with van der Waals surface area (Å²) in [7, 11) is 1.53. The first-order chi connectivity index (χ1) is 7.15. The summed E-state index contributed by atoms with van der Waals surface area (Å²) < 4.78 is 4.75. The van der Waals surface area contributed by atoms with E-state index in [1.165, 1.54) is 7.11 Å². The predicted octanol–water partition coefficient (Wildman–Crippen LogP) is 0.217. The molecule has 0 spiro atoms. The van der Waals surface area contributed by atoms with Crippen molar-refractivity contribution >= 4 is 23.2 Å². The number of nitrogens with zero attached hydrogens (tertiary/aromatic N) is 1. The molecule has 1 aromatic rings. The molecule has 1 heterocycles. The Morgan fingerprint density at radius 3 is 2.93 bits per heavy atom. The number of methoxy groups -OCH3 is 1. The van der Waals surface area contributed by atoms with E-state index < -0.39 is 5.97 Å². The molecule has 0 bridgehead atoms. The van der Waals surface area contributed by atoms with Crippen molar-refractivity contribution < 1.29 is 19.4 Å². The van der Waals surface area contributed by atoms with Gasteiger partial charge in [-0.05, 0) is 0 Å². The highest BCUT2D eigenvalue weighted by molar-refractivity contribution is 7.15. The maximum atomic E-state index is 11.3. The van der Waals surface area contributed by atoms with E-state index in [1.807, 2.05) is 0 Å². The van der Waals surface area contributed by atoms with Crippen LogP contribution in [0.2, 0.25) is 0 Å². The van der Waals surface area contributed by atoms with Gasteiger partial charge in [0.2, 0.25) is 0 Å². The molecule has 2 N–H and O–H groups in total. The highest BCUT2D eigenvalue weighted by Gasteiger charge is 2.13. The second-order valence-electron chi connectivity index (χ2n) is 2.58. The highest BCUT2D eigenvalue weighted by atomic mass is 32.1. The Hall–Kier alpha value is -1.47. The zero-order valence-electron chi connectivity index (χ0n) is 8.02. The summed E-state index contributed by atoms with van der Waals surface area (Å²) in [6.45, 7) is 0.778. The van der Waals surface area contributed by atoms with Crippen molar-refractivity contribution in [3.05, 3.63) is 16.1 Å². The van der Waals surface area contributed by atoms with Gasteiger partial charge in [0, 0.05) is 13.7 Å². The Kier molecular flexibility index (Phi) is 4.19. The van der Waals surface area contributed by atoms with Gasteiger partial charge in [0.15, 0.2) is 5.01 Å². The molecule has 0 unspecified atom stereocenters. The largest absolute Gasteiger partial charge is 0.477 e. The Morgan fingerprint density at radius 2 is 2.40 bits per heavy atom. The summed E-state index contributed by atoms with van der Waals surface area (Å²) in [6, 6.07) is 0. The molecule has 0 atom stereocenters. The molecule has 1 rings (SSSR count). The number of ether oxygens (including phenoxy) is 1. The fourth-order valence-corrected chi connectivity index (χ4v) is 1.49. The van der Waals surface area contributed by atoms with E-state index in [1.54, 1.807) is 0 Å². The third-order valence-corrected chi connectivity index (χ3v) is 2.49. The summed E-state index contributed by atoms with van der Waals surface area (Å²) in [4.78, 5) is 25.6. The van der Waals surface area contributed by atoms with Crippen molar-refractivity contribution in [3.63, 3.8) is 0 Å². The Labute approximate surface area is 89.9 Å². The lowest BCUT2D eigenvalue weighted by Crippen LogP contribution is -2.26. The molecule has 1 aromatic heterocycles. The van der Waals surface area contributed by atoms with Crippen LogP contribution in [0.25, 0.3) is 0 Å². The average molecular weight is 230 g/mol. The van der Waals surface area contributed by atoms with Crippen LogP contribution in [0, 0.1) is 0 Å². The quantitative estimate of drug-likeness (QED) is 0.706. The topological polar surface area (TPSA) is 88.5 Å². The fourth-order valence-electron chi connectivity index (χ4n) is 0.820. The summed E-state index contributed by atoms with van der Waals surface area (Å²) in [5.74, 6) is -1.46. The molecule has 0 aliphatic carbocycles. The fraction of sp³-hybridized carbons (Fsp3) is 0.375. The third-order valence-electron chi connectivity index (χ3n) is 1.50. The number of amides is 1. The number of carboxylic acids is 1. The first kappa shape index (κ1) is 11.6. The molecule has 82 valence electrons. The van der Waals surface area contributed by atoms with Gasteiger partial charge < -0.3 is 15.2 Å². The molecule has 0 aliphatic rings. The number of hydrogen-bond acceptors (Lipinski definition) is 5. The summed E-state index contributed by atoms with van der Waals surface area (Å²) >= 11 is 0.844. The van der Waals surface area contributed by atoms with Gasteiger partial charge in [-0.25, -0.2) is 9.78 Å². The second-order valence-corrected chi connectivity index (χ2v) is 3.61. The van der Waals surface area contributed by atoms with Crippen LogP contribution in [0.5, 0.6) is 0 Å². The van der Waals surface area contributed by atoms with E-state index in [-0.39, 0.29) is 15.8 Å². The lowest BCUT2D eigenvalue weighted by Gasteiger charge is -2.00. The van der Waals surface area contributed by atoms with Crippen LogP contribution in [0.4, 0.5) is 0 Å². The second kappa shape index (κ2) is 5.42. The number of rotatable bonds is 5. The van der Waals surface area contributed by atoms with Crippen LogP contribution < -0.4 is 5.32 Å². The zero-order chi connectivity index (χ0) is 11.3. The van der Waals surface area contributed by atoms with Gasteiger partial charge in [-0.2, -0.15) is 0 Å². The van der Waals surface area contributed by atoms with Crippen LogP contribution in [0.3, 0.4) is 0 Å². The van der Waals surface area contributed by atoms with Gasteiger partial charge in [0.25, 0.3) is 5.91 Å². The minimum Gasteiger partial charge on any atom is -0.477 e. The number of carbonyl (C=O) groups excluding carboxylic acids is 1. The molecule has 0 saturated heterocycles. The lowest BCUT2D eigenvalue weighted by molar-refractivity contribution is 0.0701. The smallest absolute Gasteiger partial charge is 0.347 e. The molecular formula is C8H10N2O4S. The molecule has 0 radical (unpaired) electrons. The monoisotopic (exact) mass is 230 g/mol. The average Bonchev–Trinajstić information content (AvgIpc) is 2.66. The number of aromatic nitrogens is 1. The van der Waals surface area contributed by atoms with E-state index >= 15 is 0 Å². The Balaban J connectivity index is 2.54.